The third-order valence-corrected chi connectivity index (χ3v) is 2.78. The van der Waals surface area contributed by atoms with Crippen molar-refractivity contribution in [1.82, 2.24) is 0 Å². The third kappa shape index (κ3) is 4.73. The third-order valence-electron chi connectivity index (χ3n) is 2.78. The van der Waals surface area contributed by atoms with Gasteiger partial charge in [-0.1, -0.05) is 18.2 Å². The Labute approximate surface area is 114 Å². The normalized spacial score (nSPS) is 13.0. The summed E-state index contributed by atoms with van der Waals surface area (Å²) < 4.78 is 42.5. The molecule has 0 aliphatic rings. The van der Waals surface area contributed by atoms with Gasteiger partial charge in [0.05, 0.1) is 6.61 Å². The standard InChI is InChI=1S/C13H16F3NO3/c1-20-7-6-9-4-2-3-5-11(9)17-8-10(12(18)19)13(14,15)16/h2-5,10,17H,6-8H2,1H3,(H,18,19). The first-order valence-electron chi connectivity index (χ1n) is 5.96. The van der Waals surface area contributed by atoms with Crippen molar-refractivity contribution >= 4 is 11.7 Å². The molecule has 0 radical (unpaired) electrons. The topological polar surface area (TPSA) is 58.6 Å². The van der Waals surface area contributed by atoms with Gasteiger partial charge in [0.1, 0.15) is 0 Å². The lowest BCUT2D eigenvalue weighted by Crippen LogP contribution is -2.36. The van der Waals surface area contributed by atoms with Gasteiger partial charge >= 0.3 is 12.1 Å². The first kappa shape index (κ1) is 16.3. The second kappa shape index (κ2) is 7.14. The molecule has 1 rings (SSSR count). The van der Waals surface area contributed by atoms with E-state index in [-0.39, 0.29) is 0 Å². The van der Waals surface area contributed by atoms with E-state index in [1.807, 2.05) is 0 Å². The minimum atomic E-state index is -4.78. The highest BCUT2D eigenvalue weighted by Crippen LogP contribution is 2.27. The van der Waals surface area contributed by atoms with Gasteiger partial charge in [-0.05, 0) is 18.1 Å². The molecule has 1 unspecified atom stereocenters. The Hall–Kier alpha value is -1.76. The summed E-state index contributed by atoms with van der Waals surface area (Å²) in [7, 11) is 1.53. The number of hydrogen-bond acceptors (Lipinski definition) is 3. The van der Waals surface area contributed by atoms with Gasteiger partial charge in [-0.2, -0.15) is 13.2 Å². The van der Waals surface area contributed by atoms with Crippen molar-refractivity contribution < 1.29 is 27.8 Å². The molecule has 1 atom stereocenters. The Morgan fingerprint density at radius 3 is 2.60 bits per heavy atom. The highest BCUT2D eigenvalue weighted by atomic mass is 19.4. The lowest BCUT2D eigenvalue weighted by molar-refractivity contribution is -0.190. The Balaban J connectivity index is 2.75. The maximum atomic E-state index is 12.5. The predicted molar refractivity (Wildman–Crippen MR) is 67.7 cm³/mol. The van der Waals surface area contributed by atoms with Gasteiger partial charge in [0.15, 0.2) is 5.92 Å². The van der Waals surface area contributed by atoms with Crippen LogP contribution in [-0.4, -0.2) is 37.5 Å². The highest BCUT2D eigenvalue weighted by molar-refractivity contribution is 5.72. The lowest BCUT2D eigenvalue weighted by atomic mass is 10.1. The number of ether oxygens (including phenoxy) is 1. The zero-order valence-corrected chi connectivity index (χ0v) is 10.9. The van der Waals surface area contributed by atoms with Crippen molar-refractivity contribution in [3.63, 3.8) is 0 Å². The maximum Gasteiger partial charge on any atom is 0.403 e. The average molecular weight is 291 g/mol. The van der Waals surface area contributed by atoms with Crippen LogP contribution in [0.5, 0.6) is 0 Å². The summed E-state index contributed by atoms with van der Waals surface area (Å²) in [4.78, 5) is 10.6. The number of methoxy groups -OCH3 is 1. The van der Waals surface area contributed by atoms with Crippen LogP contribution < -0.4 is 5.32 Å². The molecule has 1 aromatic carbocycles. The number of halogens is 3. The number of rotatable bonds is 7. The minimum absolute atomic E-state index is 0.431. The Morgan fingerprint density at radius 1 is 1.40 bits per heavy atom. The second-order valence-corrected chi connectivity index (χ2v) is 4.21. The summed E-state index contributed by atoms with van der Waals surface area (Å²) in [5.41, 5.74) is 1.26. The fraction of sp³-hybridized carbons (Fsp3) is 0.462. The van der Waals surface area contributed by atoms with Gasteiger partial charge in [-0.3, -0.25) is 4.79 Å². The summed E-state index contributed by atoms with van der Waals surface area (Å²) in [5.74, 6) is -4.32. The van der Waals surface area contributed by atoms with E-state index in [0.29, 0.717) is 18.7 Å². The van der Waals surface area contributed by atoms with Crippen LogP contribution in [0, 0.1) is 5.92 Å². The smallest absolute Gasteiger partial charge is 0.403 e. The molecule has 0 aromatic heterocycles. The number of aliphatic carboxylic acids is 1. The highest BCUT2D eigenvalue weighted by Gasteiger charge is 2.44. The van der Waals surface area contributed by atoms with Crippen LogP contribution in [0.3, 0.4) is 0 Å². The number of carboxylic acids is 1. The molecule has 2 N–H and O–H groups in total. The van der Waals surface area contributed by atoms with Crippen LogP contribution >= 0.6 is 0 Å². The summed E-state index contributed by atoms with van der Waals surface area (Å²) >= 11 is 0. The number of carbonyl (C=O) groups is 1. The van der Waals surface area contributed by atoms with Crippen molar-refractivity contribution in [3.8, 4) is 0 Å². The van der Waals surface area contributed by atoms with Crippen LogP contribution in [0.1, 0.15) is 5.56 Å². The quantitative estimate of drug-likeness (QED) is 0.810. The van der Waals surface area contributed by atoms with Crippen LogP contribution in [0.25, 0.3) is 0 Å². The monoisotopic (exact) mass is 291 g/mol. The maximum absolute atomic E-state index is 12.5. The van der Waals surface area contributed by atoms with Crippen molar-refractivity contribution in [3.05, 3.63) is 29.8 Å². The van der Waals surface area contributed by atoms with E-state index in [9.17, 15) is 18.0 Å². The molecule has 0 heterocycles. The van der Waals surface area contributed by atoms with E-state index in [2.05, 4.69) is 5.32 Å². The predicted octanol–water partition coefficient (Wildman–Crippen LogP) is 2.55. The SMILES string of the molecule is COCCc1ccccc1NCC(C(=O)O)C(F)(F)F. The Bertz CT molecular complexity index is 449. The minimum Gasteiger partial charge on any atom is -0.481 e. The van der Waals surface area contributed by atoms with Gasteiger partial charge in [-0.25, -0.2) is 0 Å². The number of nitrogens with one attached hydrogen (secondary N) is 1. The zero-order valence-electron chi connectivity index (χ0n) is 10.9. The Morgan fingerprint density at radius 2 is 2.05 bits per heavy atom. The number of anilines is 1. The van der Waals surface area contributed by atoms with Crippen LogP contribution in [0.15, 0.2) is 24.3 Å². The van der Waals surface area contributed by atoms with E-state index < -0.39 is 24.6 Å². The summed E-state index contributed by atoms with van der Waals surface area (Å²) in [6, 6.07) is 6.79. The summed E-state index contributed by atoms with van der Waals surface area (Å²) in [6.07, 6.45) is -4.25. The molecule has 0 amide bonds. The van der Waals surface area contributed by atoms with Gasteiger partial charge in [0, 0.05) is 19.3 Å². The molecule has 0 aliphatic heterocycles. The second-order valence-electron chi connectivity index (χ2n) is 4.21. The van der Waals surface area contributed by atoms with Crippen LogP contribution in [0.4, 0.5) is 18.9 Å². The van der Waals surface area contributed by atoms with Gasteiger partial charge in [0.25, 0.3) is 0 Å². The van der Waals surface area contributed by atoms with Crippen molar-refractivity contribution in [2.24, 2.45) is 5.92 Å². The molecule has 0 saturated carbocycles. The first-order valence-corrected chi connectivity index (χ1v) is 5.96. The average Bonchev–Trinajstić information content (AvgIpc) is 2.35. The number of alkyl halides is 3. The molecule has 0 aliphatic carbocycles. The van der Waals surface area contributed by atoms with Crippen LogP contribution in [0.2, 0.25) is 0 Å². The number of hydrogen-bond donors (Lipinski definition) is 2. The molecular weight excluding hydrogens is 275 g/mol. The van der Waals surface area contributed by atoms with Crippen LogP contribution in [-0.2, 0) is 16.0 Å². The van der Waals surface area contributed by atoms with Gasteiger partial charge in [0.2, 0.25) is 0 Å². The molecule has 0 spiro atoms. The fourth-order valence-electron chi connectivity index (χ4n) is 1.68. The van der Waals surface area contributed by atoms with E-state index in [1.54, 1.807) is 24.3 Å². The van der Waals surface area contributed by atoms with Crippen molar-refractivity contribution in [2.75, 3.05) is 25.6 Å². The molecule has 0 saturated heterocycles. The molecule has 112 valence electrons. The Kier molecular flexibility index (Phi) is 5.82. The summed E-state index contributed by atoms with van der Waals surface area (Å²) in [5, 5.41) is 11.2. The molecule has 20 heavy (non-hydrogen) atoms. The molecular formula is C13H16F3NO3. The molecule has 4 nitrogen and oxygen atoms in total. The molecule has 0 bridgehead atoms. The van der Waals surface area contributed by atoms with E-state index in [4.69, 9.17) is 9.84 Å². The number of carboxylic acid groups (broad SMARTS) is 1. The zero-order chi connectivity index (χ0) is 15.2. The molecule has 7 heteroatoms. The molecule has 0 fully saturated rings. The van der Waals surface area contributed by atoms with Gasteiger partial charge in [-0.15, -0.1) is 0 Å². The summed E-state index contributed by atoms with van der Waals surface area (Å²) in [6.45, 7) is -0.275. The van der Waals surface area contributed by atoms with Crippen molar-refractivity contribution in [1.29, 1.82) is 0 Å². The largest absolute Gasteiger partial charge is 0.481 e. The van der Waals surface area contributed by atoms with Crippen molar-refractivity contribution in [2.45, 2.75) is 12.6 Å². The first-order chi connectivity index (χ1) is 9.36. The van der Waals surface area contributed by atoms with E-state index in [0.717, 1.165) is 5.56 Å². The molecule has 1 aromatic rings. The van der Waals surface area contributed by atoms with E-state index in [1.165, 1.54) is 7.11 Å². The number of para-hydroxylation sites is 1. The lowest BCUT2D eigenvalue weighted by Gasteiger charge is -2.18. The number of benzene rings is 1. The van der Waals surface area contributed by atoms with E-state index >= 15 is 0 Å². The van der Waals surface area contributed by atoms with Gasteiger partial charge < -0.3 is 15.2 Å². The fourth-order valence-corrected chi connectivity index (χ4v) is 1.68.